The number of carboxylic acid groups (broad SMARTS) is 1. The van der Waals surface area contributed by atoms with Crippen molar-refractivity contribution in [2.24, 2.45) is 0 Å². The highest BCUT2D eigenvalue weighted by atomic mass is 35.5. The van der Waals surface area contributed by atoms with Crippen LogP contribution in [0.4, 0.5) is 0 Å². The van der Waals surface area contributed by atoms with Gasteiger partial charge in [-0.25, -0.2) is 9.78 Å². The van der Waals surface area contributed by atoms with Crippen LogP contribution in [0.2, 0.25) is 5.02 Å². The van der Waals surface area contributed by atoms with Crippen LogP contribution in [-0.2, 0) is 4.79 Å². The Bertz CT molecular complexity index is 1110. The van der Waals surface area contributed by atoms with Gasteiger partial charge in [-0.3, -0.25) is 0 Å². The molecule has 0 spiro atoms. The minimum absolute atomic E-state index is 0.107. The highest BCUT2D eigenvalue weighted by Crippen LogP contribution is 2.31. The molecule has 0 amide bonds. The number of hydrogen-bond donors (Lipinski definition) is 1. The lowest BCUT2D eigenvalue weighted by atomic mass is 10.3. The Hall–Kier alpha value is -2.96. The topological polar surface area (TPSA) is 68.3 Å². The number of aliphatic carboxylic acids is 1. The Morgan fingerprint density at radius 1 is 1.11 bits per heavy atom. The van der Waals surface area contributed by atoms with Crippen LogP contribution in [0.3, 0.4) is 0 Å². The monoisotopic (exact) mass is 396 g/mol. The molecule has 4 rings (SSSR count). The predicted molar refractivity (Wildman–Crippen MR) is 106 cm³/mol. The maximum atomic E-state index is 11.8. The molecule has 4 aromatic rings. The molecule has 0 fully saturated rings. The van der Waals surface area contributed by atoms with E-state index >= 15 is 0 Å². The first-order chi connectivity index (χ1) is 13.1. The number of thioether (sulfide) groups is 1. The lowest BCUT2D eigenvalue weighted by Gasteiger charge is -2.07. The zero-order valence-electron chi connectivity index (χ0n) is 13.9. The van der Waals surface area contributed by atoms with Gasteiger partial charge in [0.05, 0.1) is 0 Å². The van der Waals surface area contributed by atoms with Gasteiger partial charge in [-0.15, -0.1) is 0 Å². The second-order valence-corrected chi connectivity index (χ2v) is 7.07. The second-order valence-electron chi connectivity index (χ2n) is 5.64. The Morgan fingerprint density at radius 3 is 2.63 bits per heavy atom. The molecule has 0 radical (unpaired) electrons. The summed E-state index contributed by atoms with van der Waals surface area (Å²) in [6.07, 6.45) is 3.45. The maximum Gasteiger partial charge on any atom is 0.342 e. The van der Waals surface area contributed by atoms with Crippen LogP contribution in [0.25, 0.3) is 22.9 Å². The zero-order valence-corrected chi connectivity index (χ0v) is 15.4. The van der Waals surface area contributed by atoms with Crippen LogP contribution in [0.15, 0.2) is 81.4 Å². The van der Waals surface area contributed by atoms with Gasteiger partial charge in [0.2, 0.25) is 0 Å². The first kappa shape index (κ1) is 17.5. The molecular formula is C20H13ClN2O3S. The van der Waals surface area contributed by atoms with E-state index in [2.05, 4.69) is 4.98 Å². The molecule has 0 aliphatic carbocycles. The van der Waals surface area contributed by atoms with Crippen molar-refractivity contribution in [1.82, 2.24) is 9.55 Å². The Balaban J connectivity index is 1.68. The van der Waals surface area contributed by atoms with Crippen molar-refractivity contribution in [3.63, 3.8) is 0 Å². The Labute approximate surface area is 163 Å². The van der Waals surface area contributed by atoms with Gasteiger partial charge in [0.25, 0.3) is 5.22 Å². The molecule has 0 saturated heterocycles. The van der Waals surface area contributed by atoms with E-state index < -0.39 is 5.97 Å². The molecule has 134 valence electrons. The number of nitrogens with zero attached hydrogens (tertiary/aromatic N) is 2. The summed E-state index contributed by atoms with van der Waals surface area (Å²) in [5, 5.41) is 10.5. The van der Waals surface area contributed by atoms with Crippen LogP contribution in [-0.4, -0.2) is 20.6 Å². The summed E-state index contributed by atoms with van der Waals surface area (Å²) >= 11 is 6.92. The number of carbonyl (C=O) groups is 1. The van der Waals surface area contributed by atoms with E-state index in [-0.39, 0.29) is 10.1 Å². The highest BCUT2D eigenvalue weighted by Gasteiger charge is 2.16. The summed E-state index contributed by atoms with van der Waals surface area (Å²) < 4.78 is 7.50. The van der Waals surface area contributed by atoms with Crippen LogP contribution in [0.5, 0.6) is 0 Å². The third-order valence-corrected chi connectivity index (χ3v) is 4.96. The van der Waals surface area contributed by atoms with Gasteiger partial charge in [-0.2, -0.15) is 0 Å². The minimum Gasteiger partial charge on any atom is -0.477 e. The summed E-state index contributed by atoms with van der Waals surface area (Å²) in [6.45, 7) is 0. The number of oxazole rings is 1. The van der Waals surface area contributed by atoms with Crippen molar-refractivity contribution < 1.29 is 14.3 Å². The van der Waals surface area contributed by atoms with E-state index in [1.165, 1.54) is 0 Å². The highest BCUT2D eigenvalue weighted by molar-refractivity contribution is 8.03. The molecule has 2 aromatic heterocycles. The van der Waals surface area contributed by atoms with Crippen molar-refractivity contribution in [3.8, 4) is 5.69 Å². The number of aromatic nitrogens is 2. The summed E-state index contributed by atoms with van der Waals surface area (Å²) in [6, 6.07) is 18.3. The van der Waals surface area contributed by atoms with Gasteiger partial charge in [-0.05, 0) is 66.4 Å². The molecule has 0 bridgehead atoms. The van der Waals surface area contributed by atoms with Crippen LogP contribution < -0.4 is 0 Å². The van der Waals surface area contributed by atoms with Crippen molar-refractivity contribution in [3.05, 3.63) is 82.5 Å². The van der Waals surface area contributed by atoms with E-state index in [4.69, 9.17) is 16.0 Å². The second kappa shape index (κ2) is 7.34. The number of halogens is 1. The summed E-state index contributed by atoms with van der Waals surface area (Å²) in [5.74, 6) is -1.05. The number of hydrogen-bond acceptors (Lipinski definition) is 4. The van der Waals surface area contributed by atoms with Gasteiger partial charge >= 0.3 is 5.97 Å². The third-order valence-electron chi connectivity index (χ3n) is 3.85. The van der Waals surface area contributed by atoms with E-state index in [0.29, 0.717) is 16.1 Å². The number of rotatable bonds is 5. The number of benzene rings is 2. The van der Waals surface area contributed by atoms with Crippen LogP contribution in [0, 0.1) is 0 Å². The van der Waals surface area contributed by atoms with Gasteiger partial charge in [0, 0.05) is 22.6 Å². The van der Waals surface area contributed by atoms with Crippen molar-refractivity contribution in [2.45, 2.75) is 5.22 Å². The Kier molecular flexibility index (Phi) is 4.75. The van der Waals surface area contributed by atoms with Gasteiger partial charge < -0.3 is 14.1 Å². The molecule has 7 heteroatoms. The van der Waals surface area contributed by atoms with E-state index in [9.17, 15) is 9.90 Å². The zero-order chi connectivity index (χ0) is 18.8. The summed E-state index contributed by atoms with van der Waals surface area (Å²) in [4.78, 5) is 16.2. The van der Waals surface area contributed by atoms with E-state index in [1.54, 1.807) is 24.3 Å². The molecule has 2 aromatic carbocycles. The first-order valence-electron chi connectivity index (χ1n) is 8.02. The quantitative estimate of drug-likeness (QED) is 0.357. The van der Waals surface area contributed by atoms with E-state index in [1.807, 2.05) is 53.2 Å². The lowest BCUT2D eigenvalue weighted by Crippen LogP contribution is -1.99. The van der Waals surface area contributed by atoms with Crippen molar-refractivity contribution in [1.29, 1.82) is 0 Å². The maximum absolute atomic E-state index is 11.8. The number of carboxylic acids is 1. The van der Waals surface area contributed by atoms with E-state index in [0.717, 1.165) is 23.1 Å². The standard InChI is InChI=1S/C20H13ClN2O3S/c21-13-7-9-14(10-8-13)23-11-3-4-15(23)12-18(19(24)25)27-20-22-16-5-1-2-6-17(16)26-20/h1-12H,(H,24,25)/b18-12-. The minimum atomic E-state index is -1.05. The third kappa shape index (κ3) is 3.77. The molecule has 0 aliphatic heterocycles. The summed E-state index contributed by atoms with van der Waals surface area (Å²) in [5.41, 5.74) is 2.91. The average molecular weight is 397 g/mol. The lowest BCUT2D eigenvalue weighted by molar-refractivity contribution is -0.131. The normalized spacial score (nSPS) is 11.8. The summed E-state index contributed by atoms with van der Waals surface area (Å²) in [7, 11) is 0. The van der Waals surface area contributed by atoms with Crippen LogP contribution >= 0.6 is 23.4 Å². The molecule has 0 atom stereocenters. The largest absolute Gasteiger partial charge is 0.477 e. The molecule has 0 unspecified atom stereocenters. The van der Waals surface area contributed by atoms with Crippen molar-refractivity contribution in [2.75, 3.05) is 0 Å². The SMILES string of the molecule is O=C(O)/C(=C/c1cccn1-c1ccc(Cl)cc1)Sc1nc2ccccc2o1. The molecule has 5 nitrogen and oxygen atoms in total. The van der Waals surface area contributed by atoms with Crippen LogP contribution in [0.1, 0.15) is 5.69 Å². The van der Waals surface area contributed by atoms with Gasteiger partial charge in [0.1, 0.15) is 10.4 Å². The molecular weight excluding hydrogens is 384 g/mol. The van der Waals surface area contributed by atoms with Gasteiger partial charge in [0.15, 0.2) is 5.58 Å². The van der Waals surface area contributed by atoms with Gasteiger partial charge in [-0.1, -0.05) is 23.7 Å². The predicted octanol–water partition coefficient (Wildman–Crippen LogP) is 5.49. The number of para-hydroxylation sites is 2. The first-order valence-corrected chi connectivity index (χ1v) is 9.21. The fourth-order valence-corrected chi connectivity index (χ4v) is 3.46. The number of fused-ring (bicyclic) bond motifs is 1. The average Bonchev–Trinajstić information content (AvgIpc) is 3.28. The Morgan fingerprint density at radius 2 is 1.89 bits per heavy atom. The molecule has 2 heterocycles. The molecule has 27 heavy (non-hydrogen) atoms. The molecule has 0 saturated carbocycles. The smallest absolute Gasteiger partial charge is 0.342 e. The molecule has 1 N–H and O–H groups in total. The van der Waals surface area contributed by atoms with Crippen molar-refractivity contribution >= 4 is 46.5 Å². The molecule has 0 aliphatic rings. The fourth-order valence-electron chi connectivity index (χ4n) is 2.61. The fraction of sp³-hybridized carbons (Fsp3) is 0.